The lowest BCUT2D eigenvalue weighted by molar-refractivity contribution is -0.862. The van der Waals surface area contributed by atoms with E-state index < -0.39 is 5.97 Å². The van der Waals surface area contributed by atoms with Gasteiger partial charge in [-0.3, -0.25) is 0 Å². The molecule has 200 valence electrons. The van der Waals surface area contributed by atoms with Crippen molar-refractivity contribution in [1.82, 2.24) is 0 Å². The van der Waals surface area contributed by atoms with Gasteiger partial charge in [0.2, 0.25) is 0 Å². The van der Waals surface area contributed by atoms with Crippen molar-refractivity contribution in [2.45, 2.75) is 97.2 Å². The van der Waals surface area contributed by atoms with Crippen LogP contribution in [0.1, 0.15) is 85.0 Å². The molecule has 6 nitrogen and oxygen atoms in total. The minimum Gasteiger partial charge on any atom is -0.550 e. The molecule has 4 aliphatic carbocycles. The van der Waals surface area contributed by atoms with E-state index in [4.69, 9.17) is 4.74 Å². The summed E-state index contributed by atoms with van der Waals surface area (Å²) in [6, 6.07) is 0. The van der Waals surface area contributed by atoms with Crippen molar-refractivity contribution in [3.8, 4) is 0 Å². The Labute approximate surface area is 212 Å². The molecule has 0 radical (unpaired) electrons. The molecular formula is C29H49NO5. The second-order valence-electron chi connectivity index (χ2n) is 14.2. The summed E-state index contributed by atoms with van der Waals surface area (Å²) in [6.45, 7) is 7.35. The lowest BCUT2D eigenvalue weighted by atomic mass is 9.43. The van der Waals surface area contributed by atoms with E-state index in [9.17, 15) is 19.8 Å². The quantitative estimate of drug-likeness (QED) is 0.436. The van der Waals surface area contributed by atoms with Crippen LogP contribution in [-0.4, -0.2) is 61.4 Å². The van der Waals surface area contributed by atoms with Gasteiger partial charge in [-0.25, -0.2) is 4.79 Å². The molecule has 0 aliphatic heterocycles. The Bertz CT molecular complexity index is 807. The topological polar surface area (TPSA) is 86.7 Å². The maximum atomic E-state index is 12.5. The van der Waals surface area contributed by atoms with E-state index in [1.807, 2.05) is 21.1 Å². The zero-order valence-electron chi connectivity index (χ0n) is 22.9. The third-order valence-electron chi connectivity index (χ3n) is 11.2. The van der Waals surface area contributed by atoms with Crippen molar-refractivity contribution in [2.24, 2.45) is 46.3 Å². The summed E-state index contributed by atoms with van der Waals surface area (Å²) in [6.07, 6.45) is 8.93. The van der Waals surface area contributed by atoms with Gasteiger partial charge in [0.25, 0.3) is 0 Å². The zero-order valence-corrected chi connectivity index (χ0v) is 22.9. The van der Waals surface area contributed by atoms with Crippen LogP contribution in [0, 0.1) is 46.3 Å². The Morgan fingerprint density at radius 2 is 1.77 bits per heavy atom. The molecule has 0 unspecified atom stereocenters. The van der Waals surface area contributed by atoms with Crippen molar-refractivity contribution in [3.63, 3.8) is 0 Å². The van der Waals surface area contributed by atoms with Crippen molar-refractivity contribution < 1.29 is 29.0 Å². The Kier molecular flexibility index (Phi) is 7.40. The number of fused-ring (bicyclic) bond motifs is 5. The number of esters is 1. The highest BCUT2D eigenvalue weighted by Gasteiger charge is 2.63. The third kappa shape index (κ3) is 5.03. The molecular weight excluding hydrogens is 442 g/mol. The molecule has 4 rings (SSSR count). The van der Waals surface area contributed by atoms with Crippen LogP contribution in [0.15, 0.2) is 0 Å². The number of carbonyl (C=O) groups is 2. The van der Waals surface area contributed by atoms with Gasteiger partial charge in [0.05, 0.1) is 27.2 Å². The summed E-state index contributed by atoms with van der Waals surface area (Å²) < 4.78 is 6.52. The number of ether oxygens (including phenoxy) is 1. The molecule has 4 saturated carbocycles. The smallest absolute Gasteiger partial charge is 0.362 e. The van der Waals surface area contributed by atoms with Gasteiger partial charge in [-0.05, 0) is 111 Å². The summed E-state index contributed by atoms with van der Waals surface area (Å²) in [7, 11) is 6.04. The zero-order chi connectivity index (χ0) is 25.8. The number of carbonyl (C=O) groups excluding carboxylic acids is 2. The predicted molar refractivity (Wildman–Crippen MR) is 133 cm³/mol. The van der Waals surface area contributed by atoms with Gasteiger partial charge in [-0.2, -0.15) is 0 Å². The minimum atomic E-state index is -0.967. The molecule has 10 atom stereocenters. The summed E-state index contributed by atoms with van der Waals surface area (Å²) in [5.41, 5.74) is 0.0839. The van der Waals surface area contributed by atoms with E-state index in [1.54, 1.807) is 0 Å². The van der Waals surface area contributed by atoms with E-state index in [-0.39, 0.29) is 41.3 Å². The third-order valence-corrected chi connectivity index (χ3v) is 11.2. The van der Waals surface area contributed by atoms with Crippen molar-refractivity contribution in [2.75, 3.05) is 27.7 Å². The lowest BCUT2D eigenvalue weighted by Crippen LogP contribution is -2.59. The second kappa shape index (κ2) is 9.63. The van der Waals surface area contributed by atoms with Gasteiger partial charge in [0, 0.05) is 5.97 Å². The molecule has 6 heteroatoms. The lowest BCUT2D eigenvalue weighted by Gasteiger charge is -2.62. The second-order valence-corrected chi connectivity index (χ2v) is 14.2. The van der Waals surface area contributed by atoms with Crippen LogP contribution in [0.25, 0.3) is 0 Å². The molecule has 0 heterocycles. The number of carboxylic acids is 1. The minimum absolute atomic E-state index is 0.0305. The Balaban J connectivity index is 1.45. The molecule has 35 heavy (non-hydrogen) atoms. The average Bonchev–Trinajstić information content (AvgIpc) is 3.10. The first-order valence-electron chi connectivity index (χ1n) is 14.1. The Morgan fingerprint density at radius 3 is 2.43 bits per heavy atom. The van der Waals surface area contributed by atoms with Crippen molar-refractivity contribution in [3.05, 3.63) is 0 Å². The average molecular weight is 492 g/mol. The molecule has 0 amide bonds. The fourth-order valence-corrected chi connectivity index (χ4v) is 9.41. The summed E-state index contributed by atoms with van der Waals surface area (Å²) >= 11 is 0. The van der Waals surface area contributed by atoms with Crippen LogP contribution in [0.2, 0.25) is 0 Å². The predicted octanol–water partition coefficient (Wildman–Crippen LogP) is 3.40. The number of nitrogens with zero attached hydrogens (tertiary/aromatic N) is 1. The van der Waals surface area contributed by atoms with Crippen LogP contribution in [0.4, 0.5) is 0 Å². The number of hydrogen-bond donors (Lipinski definition) is 1. The molecule has 0 aromatic rings. The van der Waals surface area contributed by atoms with Gasteiger partial charge < -0.3 is 24.2 Å². The SMILES string of the molecule is C[C@H](CCC(=O)[O-])[C@H]1CC[C@H]2[C@@H]3CC[C@@H]4C[C@H](OC(=O)C[N+](C)(C)C)CC[C@]4(C)[C@H]3C[C@H](O)[C@]12C. The molecule has 0 bridgehead atoms. The van der Waals surface area contributed by atoms with Crippen LogP contribution < -0.4 is 5.11 Å². The van der Waals surface area contributed by atoms with Gasteiger partial charge in [0.15, 0.2) is 6.54 Å². The molecule has 4 aliphatic rings. The summed E-state index contributed by atoms with van der Waals surface area (Å²) in [5.74, 6) is 1.84. The molecule has 0 saturated heterocycles. The normalized spacial score (nSPS) is 44.0. The van der Waals surface area contributed by atoms with Crippen LogP contribution in [-0.2, 0) is 14.3 Å². The fourth-order valence-electron chi connectivity index (χ4n) is 9.41. The van der Waals surface area contributed by atoms with Gasteiger partial charge in [-0.15, -0.1) is 0 Å². The number of likely N-dealkylation sites (N-methyl/N-ethyl adjacent to an activating group) is 1. The Morgan fingerprint density at radius 1 is 1.06 bits per heavy atom. The Hall–Kier alpha value is -1.14. The van der Waals surface area contributed by atoms with Gasteiger partial charge >= 0.3 is 5.97 Å². The maximum Gasteiger partial charge on any atom is 0.362 e. The maximum absolute atomic E-state index is 12.5. The number of aliphatic hydroxyl groups is 1. The first-order valence-corrected chi connectivity index (χ1v) is 14.1. The van der Waals surface area contributed by atoms with Crippen molar-refractivity contribution >= 4 is 11.9 Å². The van der Waals surface area contributed by atoms with E-state index in [1.165, 1.54) is 12.8 Å². The highest BCUT2D eigenvalue weighted by molar-refractivity contribution is 5.70. The number of aliphatic hydroxyl groups excluding tert-OH is 1. The van der Waals surface area contributed by atoms with E-state index in [2.05, 4.69) is 20.8 Å². The molecule has 1 N–H and O–H groups in total. The van der Waals surface area contributed by atoms with Crippen LogP contribution >= 0.6 is 0 Å². The van der Waals surface area contributed by atoms with Gasteiger partial charge in [-0.1, -0.05) is 20.8 Å². The highest BCUT2D eigenvalue weighted by atomic mass is 16.5. The van der Waals surface area contributed by atoms with Crippen molar-refractivity contribution in [1.29, 1.82) is 0 Å². The largest absolute Gasteiger partial charge is 0.550 e. The number of carboxylic acid groups (broad SMARTS) is 1. The van der Waals surface area contributed by atoms with E-state index >= 15 is 0 Å². The van der Waals surface area contributed by atoms with Crippen LogP contribution in [0.3, 0.4) is 0 Å². The first kappa shape index (κ1) is 26.9. The summed E-state index contributed by atoms with van der Waals surface area (Å²) in [5, 5.41) is 22.7. The standard InChI is InChI=1S/C29H49NO5/c1-18(7-12-26(32)33)22-10-11-23-21-9-8-19-15-20(35-27(34)17-30(4,5)6)13-14-28(19,2)24(21)16-25(31)29(22,23)3/h18-25,31H,7-17H2,1-6H3/t18-,19-,20-,21+,22-,23+,24+,25+,28+,29-/m1/s1. The molecule has 0 aromatic carbocycles. The summed E-state index contributed by atoms with van der Waals surface area (Å²) in [4.78, 5) is 23.5. The number of quaternary nitrogens is 1. The monoisotopic (exact) mass is 491 g/mol. The molecule has 0 spiro atoms. The molecule has 4 fully saturated rings. The van der Waals surface area contributed by atoms with Gasteiger partial charge in [0.1, 0.15) is 6.10 Å². The number of rotatable bonds is 7. The van der Waals surface area contributed by atoms with E-state index in [0.717, 1.165) is 38.5 Å². The number of hydrogen-bond acceptors (Lipinski definition) is 5. The van der Waals surface area contributed by atoms with Crippen LogP contribution in [0.5, 0.6) is 0 Å². The fraction of sp³-hybridized carbons (Fsp3) is 0.931. The van der Waals surface area contributed by atoms with E-state index in [0.29, 0.717) is 47.0 Å². The first-order chi connectivity index (χ1) is 16.3. The highest BCUT2D eigenvalue weighted by Crippen LogP contribution is 2.68. The molecule has 0 aromatic heterocycles. The number of aliphatic carboxylic acids is 1.